The monoisotopic (exact) mass is 228 g/mol. The highest BCUT2D eigenvalue weighted by Gasteiger charge is 1.97. The largest absolute Gasteiger partial charge is 0.312 e. The molecule has 0 saturated heterocycles. The molecule has 0 fully saturated rings. The molecule has 0 aliphatic carbocycles. The molecule has 1 aromatic carbocycles. The zero-order chi connectivity index (χ0) is 10.4. The number of hydrogen-bond donors (Lipinski definition) is 1. The van der Waals surface area contributed by atoms with E-state index in [0.29, 0.717) is 29.6 Å². The summed E-state index contributed by atoms with van der Waals surface area (Å²) in [4.78, 5) is 0. The Hall–Kier alpha value is -0.750. The average molecular weight is 229 g/mol. The lowest BCUT2D eigenvalue weighted by atomic mass is 10.2. The van der Waals surface area contributed by atoms with Crippen LogP contribution in [-0.4, -0.2) is 6.54 Å². The molecule has 0 aliphatic heterocycles. The smallest absolute Gasteiger partial charge is 0.0635 e. The van der Waals surface area contributed by atoms with E-state index in [-0.39, 0.29) is 0 Å². The molecular weight excluding hydrogens is 219 g/mol. The van der Waals surface area contributed by atoms with Gasteiger partial charge in [0.2, 0.25) is 0 Å². The molecule has 0 unspecified atom stereocenters. The molecule has 1 N–H and O–H groups in total. The van der Waals surface area contributed by atoms with Crippen LogP contribution < -0.4 is 5.32 Å². The molecule has 0 amide bonds. The van der Waals surface area contributed by atoms with Crippen LogP contribution in [0.2, 0.25) is 10.0 Å². The van der Waals surface area contributed by atoms with Gasteiger partial charge in [-0.1, -0.05) is 23.2 Å². The van der Waals surface area contributed by atoms with Gasteiger partial charge in [-0.25, -0.2) is 0 Å². The molecule has 1 rings (SSSR count). The Morgan fingerprint density at radius 1 is 1.21 bits per heavy atom. The van der Waals surface area contributed by atoms with Crippen LogP contribution >= 0.6 is 23.2 Å². The summed E-state index contributed by atoms with van der Waals surface area (Å²) in [6.07, 6.45) is 0.508. The van der Waals surface area contributed by atoms with E-state index in [1.54, 1.807) is 6.07 Å². The van der Waals surface area contributed by atoms with Crippen molar-refractivity contribution in [3.05, 3.63) is 33.8 Å². The lowest BCUT2D eigenvalue weighted by Gasteiger charge is -2.03. The third-order valence-electron chi connectivity index (χ3n) is 1.67. The van der Waals surface area contributed by atoms with Gasteiger partial charge in [0.05, 0.1) is 6.07 Å². The van der Waals surface area contributed by atoms with Crippen LogP contribution in [0.3, 0.4) is 0 Å². The maximum Gasteiger partial charge on any atom is 0.0635 e. The molecule has 4 heteroatoms. The fourth-order valence-electron chi connectivity index (χ4n) is 1.09. The first-order chi connectivity index (χ1) is 6.72. The number of benzene rings is 1. The maximum absolute atomic E-state index is 8.32. The predicted molar refractivity (Wildman–Crippen MR) is 58.4 cm³/mol. The highest BCUT2D eigenvalue weighted by atomic mass is 35.5. The minimum absolute atomic E-state index is 0.508. The van der Waals surface area contributed by atoms with Crippen molar-refractivity contribution in [2.45, 2.75) is 13.0 Å². The summed E-state index contributed by atoms with van der Waals surface area (Å²) in [6.45, 7) is 1.36. The van der Waals surface area contributed by atoms with Crippen molar-refractivity contribution in [1.29, 1.82) is 5.26 Å². The van der Waals surface area contributed by atoms with Crippen LogP contribution in [-0.2, 0) is 6.54 Å². The van der Waals surface area contributed by atoms with Gasteiger partial charge in [-0.3, -0.25) is 0 Å². The Bertz CT molecular complexity index is 324. The van der Waals surface area contributed by atoms with Crippen molar-refractivity contribution >= 4 is 23.2 Å². The summed E-state index contributed by atoms with van der Waals surface area (Å²) in [5.74, 6) is 0. The Morgan fingerprint density at radius 3 is 2.43 bits per heavy atom. The van der Waals surface area contributed by atoms with Gasteiger partial charge >= 0.3 is 0 Å². The first-order valence-electron chi connectivity index (χ1n) is 4.25. The van der Waals surface area contributed by atoms with E-state index >= 15 is 0 Å². The Kier molecular flexibility index (Phi) is 4.75. The molecule has 0 saturated carbocycles. The summed E-state index contributed by atoms with van der Waals surface area (Å²) in [7, 11) is 0. The minimum Gasteiger partial charge on any atom is -0.312 e. The van der Waals surface area contributed by atoms with Crippen LogP contribution in [0.5, 0.6) is 0 Å². The fraction of sp³-hybridized carbons (Fsp3) is 0.300. The highest BCUT2D eigenvalue weighted by Crippen LogP contribution is 2.18. The molecule has 0 heterocycles. The summed E-state index contributed by atoms with van der Waals surface area (Å²) >= 11 is 11.7. The van der Waals surface area contributed by atoms with Crippen molar-refractivity contribution in [2.24, 2.45) is 0 Å². The van der Waals surface area contributed by atoms with E-state index in [2.05, 4.69) is 11.4 Å². The van der Waals surface area contributed by atoms with E-state index in [0.717, 1.165) is 5.56 Å². The molecule has 0 aliphatic rings. The third kappa shape index (κ3) is 3.97. The molecule has 14 heavy (non-hydrogen) atoms. The summed E-state index contributed by atoms with van der Waals surface area (Å²) < 4.78 is 0. The molecule has 2 nitrogen and oxygen atoms in total. The van der Waals surface area contributed by atoms with Gasteiger partial charge in [0.25, 0.3) is 0 Å². The Labute approximate surface area is 93.4 Å². The van der Waals surface area contributed by atoms with E-state index < -0.39 is 0 Å². The lowest BCUT2D eigenvalue weighted by Crippen LogP contribution is -2.14. The molecule has 0 aromatic heterocycles. The molecule has 0 radical (unpaired) electrons. The van der Waals surface area contributed by atoms with E-state index in [1.165, 1.54) is 0 Å². The fourth-order valence-corrected chi connectivity index (χ4v) is 1.66. The summed E-state index contributed by atoms with van der Waals surface area (Å²) in [5.41, 5.74) is 1.03. The second-order valence-electron chi connectivity index (χ2n) is 2.86. The first kappa shape index (κ1) is 11.3. The second-order valence-corrected chi connectivity index (χ2v) is 3.74. The topological polar surface area (TPSA) is 35.8 Å². The van der Waals surface area contributed by atoms with Gasteiger partial charge in [-0.2, -0.15) is 5.26 Å². The Morgan fingerprint density at radius 2 is 1.86 bits per heavy atom. The summed E-state index contributed by atoms with van der Waals surface area (Å²) in [6, 6.07) is 7.47. The number of rotatable bonds is 4. The summed E-state index contributed by atoms with van der Waals surface area (Å²) in [5, 5.41) is 12.7. The van der Waals surface area contributed by atoms with Crippen molar-refractivity contribution in [1.82, 2.24) is 5.32 Å². The highest BCUT2D eigenvalue weighted by molar-refractivity contribution is 6.34. The SMILES string of the molecule is N#CCCNCc1cc(Cl)cc(Cl)c1. The number of nitriles is 1. The van der Waals surface area contributed by atoms with Crippen LogP contribution in [0.4, 0.5) is 0 Å². The van der Waals surface area contributed by atoms with Crippen LogP contribution in [0.15, 0.2) is 18.2 Å². The normalized spacial score (nSPS) is 9.79. The molecule has 0 bridgehead atoms. The van der Waals surface area contributed by atoms with Gasteiger partial charge in [0, 0.05) is 29.6 Å². The third-order valence-corrected chi connectivity index (χ3v) is 2.10. The van der Waals surface area contributed by atoms with Gasteiger partial charge in [-0.05, 0) is 23.8 Å². The zero-order valence-corrected chi connectivity index (χ0v) is 9.07. The maximum atomic E-state index is 8.32. The molecule has 74 valence electrons. The Balaban J connectivity index is 2.47. The van der Waals surface area contributed by atoms with E-state index in [4.69, 9.17) is 28.5 Å². The number of nitrogens with one attached hydrogen (secondary N) is 1. The molecule has 0 atom stereocenters. The molecule has 0 spiro atoms. The number of hydrogen-bond acceptors (Lipinski definition) is 2. The average Bonchev–Trinajstić information content (AvgIpc) is 2.11. The van der Waals surface area contributed by atoms with Gasteiger partial charge < -0.3 is 5.32 Å². The van der Waals surface area contributed by atoms with Crippen LogP contribution in [0.1, 0.15) is 12.0 Å². The quantitative estimate of drug-likeness (QED) is 0.805. The van der Waals surface area contributed by atoms with E-state index in [9.17, 15) is 0 Å². The standard InChI is InChI=1S/C10H10Cl2N2/c11-9-4-8(5-10(12)6-9)7-14-3-1-2-13/h4-6,14H,1,3,7H2. The zero-order valence-electron chi connectivity index (χ0n) is 7.56. The van der Waals surface area contributed by atoms with Crippen molar-refractivity contribution < 1.29 is 0 Å². The van der Waals surface area contributed by atoms with Crippen molar-refractivity contribution in [3.63, 3.8) is 0 Å². The molecule has 1 aromatic rings. The molecular formula is C10H10Cl2N2. The van der Waals surface area contributed by atoms with Gasteiger partial charge in [-0.15, -0.1) is 0 Å². The predicted octanol–water partition coefficient (Wildman–Crippen LogP) is 3.00. The van der Waals surface area contributed by atoms with Gasteiger partial charge in [0.15, 0.2) is 0 Å². The second kappa shape index (κ2) is 5.87. The van der Waals surface area contributed by atoms with Crippen LogP contribution in [0.25, 0.3) is 0 Å². The first-order valence-corrected chi connectivity index (χ1v) is 5.00. The lowest BCUT2D eigenvalue weighted by molar-refractivity contribution is 0.699. The number of halogens is 2. The van der Waals surface area contributed by atoms with Crippen LogP contribution in [0, 0.1) is 11.3 Å². The number of nitrogens with zero attached hydrogens (tertiary/aromatic N) is 1. The van der Waals surface area contributed by atoms with E-state index in [1.807, 2.05) is 12.1 Å². The van der Waals surface area contributed by atoms with Gasteiger partial charge in [0.1, 0.15) is 0 Å². The van der Waals surface area contributed by atoms with Crippen molar-refractivity contribution in [3.8, 4) is 6.07 Å². The minimum atomic E-state index is 0.508. The van der Waals surface area contributed by atoms with Crippen molar-refractivity contribution in [2.75, 3.05) is 6.54 Å².